The molecule has 0 aliphatic carbocycles. The van der Waals surface area contributed by atoms with Crippen LogP contribution < -0.4 is 0 Å². The second kappa shape index (κ2) is 10.7. The summed E-state index contributed by atoms with van der Waals surface area (Å²) in [6, 6.07) is 52.3. The maximum absolute atomic E-state index is 9.81. The molecule has 0 atom stereocenters. The van der Waals surface area contributed by atoms with Gasteiger partial charge in [0.15, 0.2) is 11.2 Å². The summed E-state index contributed by atoms with van der Waals surface area (Å²) < 4.78 is 18.1. The highest BCUT2D eigenvalue weighted by molar-refractivity contribution is 6.23. The molecule has 54 heavy (non-hydrogen) atoms. The van der Waals surface area contributed by atoms with Gasteiger partial charge >= 0.3 is 0 Å². The largest absolute Gasteiger partial charge is 0.454 e. The summed E-state index contributed by atoms with van der Waals surface area (Å²) in [7, 11) is 0. The maximum Gasteiger partial charge on any atom is 0.160 e. The van der Waals surface area contributed by atoms with Gasteiger partial charge in [-0.25, -0.2) is 0 Å². The van der Waals surface area contributed by atoms with Crippen molar-refractivity contribution in [2.45, 2.75) is 0 Å². The van der Waals surface area contributed by atoms with Crippen LogP contribution in [0.25, 0.3) is 110 Å². The molecule has 0 aliphatic heterocycles. The zero-order valence-electron chi connectivity index (χ0n) is 28.6. The summed E-state index contributed by atoms with van der Waals surface area (Å²) >= 11 is 0. The summed E-state index contributed by atoms with van der Waals surface area (Å²) in [6.45, 7) is 0. The molecule has 0 saturated carbocycles. The highest BCUT2D eigenvalue weighted by Gasteiger charge is 2.26. The van der Waals surface area contributed by atoms with E-state index in [0.717, 1.165) is 110 Å². The maximum atomic E-state index is 9.81. The van der Waals surface area contributed by atoms with Crippen LogP contribution in [0.1, 0.15) is 5.56 Å². The lowest BCUT2D eigenvalue weighted by Crippen LogP contribution is -2.05. The van der Waals surface area contributed by atoms with Crippen LogP contribution >= 0.6 is 0 Å². The summed E-state index contributed by atoms with van der Waals surface area (Å²) in [5.41, 5.74) is 11.6. The Morgan fingerprint density at radius 2 is 0.889 bits per heavy atom. The van der Waals surface area contributed by atoms with E-state index in [1.54, 1.807) is 0 Å². The standard InChI is InChI=1S/C48H26N4O2/c49-25-28-17-19-29(20-18-28)44-40(51-38-13-5-1-9-30(38)34-21-23-36-32-11-3-7-15-42(32)53-47(36)45(34)51)26-50-27-41(44)52-39-14-6-2-10-31(39)35-22-24-37-33-12-4-8-16-43(33)54-48(37)46(35)52/h1-24,26-27H. The number of hydrogen-bond donors (Lipinski definition) is 0. The molecule has 250 valence electrons. The van der Waals surface area contributed by atoms with Crippen LogP contribution in [0, 0.1) is 11.3 Å². The van der Waals surface area contributed by atoms with Crippen molar-refractivity contribution >= 4 is 87.5 Å². The van der Waals surface area contributed by atoms with Crippen molar-refractivity contribution in [2.24, 2.45) is 0 Å². The molecule has 0 saturated heterocycles. The van der Waals surface area contributed by atoms with Crippen LogP contribution in [0.4, 0.5) is 0 Å². The van der Waals surface area contributed by atoms with Crippen molar-refractivity contribution < 1.29 is 8.83 Å². The number of nitriles is 1. The Balaban J connectivity index is 1.29. The van der Waals surface area contributed by atoms with E-state index in [1.807, 2.05) is 60.9 Å². The minimum atomic E-state index is 0.595. The number of para-hydroxylation sites is 4. The fraction of sp³-hybridized carbons (Fsp3) is 0. The molecule has 7 aromatic carbocycles. The second-order valence-electron chi connectivity index (χ2n) is 13.8. The molecule has 12 rings (SSSR count). The molecular formula is C48H26N4O2. The van der Waals surface area contributed by atoms with Crippen LogP contribution in [0.15, 0.2) is 167 Å². The van der Waals surface area contributed by atoms with Crippen LogP contribution in [-0.2, 0) is 0 Å². The number of fused-ring (bicyclic) bond motifs is 14. The van der Waals surface area contributed by atoms with Gasteiger partial charge < -0.3 is 18.0 Å². The molecule has 0 bridgehead atoms. The third kappa shape index (κ3) is 3.79. The number of benzene rings is 7. The predicted octanol–water partition coefficient (Wildman–Crippen LogP) is 12.6. The molecule has 0 radical (unpaired) electrons. The van der Waals surface area contributed by atoms with Gasteiger partial charge in [-0.1, -0.05) is 97.1 Å². The summed E-state index contributed by atoms with van der Waals surface area (Å²) in [5.74, 6) is 0. The minimum absolute atomic E-state index is 0.595. The average Bonchev–Trinajstić information content (AvgIpc) is 3.98. The lowest BCUT2D eigenvalue weighted by atomic mass is 10.0. The Hall–Kier alpha value is -7.62. The monoisotopic (exact) mass is 690 g/mol. The number of aromatic nitrogens is 3. The minimum Gasteiger partial charge on any atom is -0.454 e. The Bertz CT molecular complexity index is 3370. The Morgan fingerprint density at radius 3 is 1.39 bits per heavy atom. The predicted molar refractivity (Wildman–Crippen MR) is 218 cm³/mol. The van der Waals surface area contributed by atoms with Gasteiger partial charge in [-0.2, -0.15) is 5.26 Å². The Morgan fingerprint density at radius 1 is 0.444 bits per heavy atom. The molecule has 6 nitrogen and oxygen atoms in total. The number of rotatable bonds is 3. The zero-order valence-corrected chi connectivity index (χ0v) is 28.6. The van der Waals surface area contributed by atoms with Gasteiger partial charge in [0.1, 0.15) is 11.2 Å². The van der Waals surface area contributed by atoms with Crippen molar-refractivity contribution in [2.75, 3.05) is 0 Å². The van der Waals surface area contributed by atoms with Crippen molar-refractivity contribution in [3.8, 4) is 28.6 Å². The van der Waals surface area contributed by atoms with E-state index in [9.17, 15) is 5.26 Å². The van der Waals surface area contributed by atoms with Crippen LogP contribution in [0.3, 0.4) is 0 Å². The first-order valence-corrected chi connectivity index (χ1v) is 17.9. The average molecular weight is 691 g/mol. The molecule has 6 heteroatoms. The van der Waals surface area contributed by atoms with Crippen LogP contribution in [-0.4, -0.2) is 14.1 Å². The lowest BCUT2D eigenvalue weighted by Gasteiger charge is -2.19. The zero-order chi connectivity index (χ0) is 35.5. The first-order valence-electron chi connectivity index (χ1n) is 17.9. The van der Waals surface area contributed by atoms with E-state index in [-0.39, 0.29) is 0 Å². The summed E-state index contributed by atoms with van der Waals surface area (Å²) in [6.07, 6.45) is 3.91. The first kappa shape index (κ1) is 29.0. The first-order chi connectivity index (χ1) is 26.8. The molecular weight excluding hydrogens is 665 g/mol. The quantitative estimate of drug-likeness (QED) is 0.185. The SMILES string of the molecule is N#Cc1ccc(-c2c(-n3c4ccccc4c4ccc5c6ccccc6oc5c43)cncc2-n2c3ccccc3c3ccc4c5ccccc5oc4c32)cc1. The molecule has 0 fully saturated rings. The molecule has 5 aromatic heterocycles. The molecule has 0 N–H and O–H groups in total. The Kier molecular flexibility index (Phi) is 5.75. The van der Waals surface area contributed by atoms with Crippen molar-refractivity contribution in [3.05, 3.63) is 164 Å². The molecule has 0 unspecified atom stereocenters. The van der Waals surface area contributed by atoms with Crippen molar-refractivity contribution in [1.82, 2.24) is 14.1 Å². The molecule has 0 spiro atoms. The third-order valence-electron chi connectivity index (χ3n) is 11.0. The van der Waals surface area contributed by atoms with Gasteiger partial charge in [0.2, 0.25) is 0 Å². The van der Waals surface area contributed by atoms with Gasteiger partial charge in [-0.05, 0) is 54.1 Å². The third-order valence-corrected chi connectivity index (χ3v) is 11.0. The molecule has 0 amide bonds. The fourth-order valence-electron chi connectivity index (χ4n) is 8.75. The van der Waals surface area contributed by atoms with E-state index >= 15 is 0 Å². The topological polar surface area (TPSA) is 72.8 Å². The molecule has 5 heterocycles. The van der Waals surface area contributed by atoms with E-state index in [2.05, 4.69) is 112 Å². The number of nitrogens with zero attached hydrogens (tertiary/aromatic N) is 4. The lowest BCUT2D eigenvalue weighted by molar-refractivity contribution is 0.671. The number of furan rings is 2. The highest BCUT2D eigenvalue weighted by atomic mass is 16.3. The van der Waals surface area contributed by atoms with Crippen LogP contribution in [0.2, 0.25) is 0 Å². The van der Waals surface area contributed by atoms with Gasteiger partial charge in [-0.15, -0.1) is 0 Å². The normalized spacial score (nSPS) is 12.1. The molecule has 12 aromatic rings. The van der Waals surface area contributed by atoms with E-state index < -0.39 is 0 Å². The second-order valence-corrected chi connectivity index (χ2v) is 13.8. The van der Waals surface area contributed by atoms with E-state index in [1.165, 1.54) is 0 Å². The molecule has 0 aliphatic rings. The van der Waals surface area contributed by atoms with Gasteiger partial charge in [0.25, 0.3) is 0 Å². The van der Waals surface area contributed by atoms with E-state index in [0.29, 0.717) is 5.56 Å². The summed E-state index contributed by atoms with van der Waals surface area (Å²) in [5, 5.41) is 18.5. The Labute approximate surface area is 306 Å². The van der Waals surface area contributed by atoms with Gasteiger partial charge in [0.05, 0.1) is 57.5 Å². The number of hydrogen-bond acceptors (Lipinski definition) is 4. The summed E-state index contributed by atoms with van der Waals surface area (Å²) in [4.78, 5) is 5.03. The van der Waals surface area contributed by atoms with Crippen molar-refractivity contribution in [3.63, 3.8) is 0 Å². The van der Waals surface area contributed by atoms with Crippen molar-refractivity contribution in [1.29, 1.82) is 5.26 Å². The van der Waals surface area contributed by atoms with Gasteiger partial charge in [0, 0.05) is 48.7 Å². The number of pyridine rings is 1. The fourth-order valence-corrected chi connectivity index (χ4v) is 8.75. The smallest absolute Gasteiger partial charge is 0.160 e. The van der Waals surface area contributed by atoms with E-state index in [4.69, 9.17) is 13.8 Å². The van der Waals surface area contributed by atoms with Crippen LogP contribution in [0.5, 0.6) is 0 Å². The highest BCUT2D eigenvalue weighted by Crippen LogP contribution is 2.46. The van der Waals surface area contributed by atoms with Gasteiger partial charge in [-0.3, -0.25) is 4.98 Å².